The third kappa shape index (κ3) is 10.9. The topological polar surface area (TPSA) is 87.1 Å². The van der Waals surface area contributed by atoms with Crippen LogP contribution in [0.1, 0.15) is 51.9 Å². The molecule has 1 atom stereocenters. The first kappa shape index (κ1) is 23.9. The number of likely N-dealkylation sites (tertiary alicyclic amines) is 1. The Bertz CT molecular complexity index is 567. The average Bonchev–Trinajstić information content (AvgIpc) is 2.68. The lowest BCUT2D eigenvalue weighted by molar-refractivity contribution is -0.159. The molecule has 158 valence electrons. The van der Waals surface area contributed by atoms with Crippen molar-refractivity contribution in [2.75, 3.05) is 26.2 Å². The summed E-state index contributed by atoms with van der Waals surface area (Å²) in [5.41, 5.74) is 0. The third-order valence-corrected chi connectivity index (χ3v) is 4.70. The summed E-state index contributed by atoms with van der Waals surface area (Å²) < 4.78 is 18.5. The fourth-order valence-electron chi connectivity index (χ4n) is 3.27. The predicted octanol–water partition coefficient (Wildman–Crippen LogP) is 4.04. The predicted molar refractivity (Wildman–Crippen MR) is 105 cm³/mol. The van der Waals surface area contributed by atoms with Gasteiger partial charge in [-0.25, -0.2) is 14.0 Å². The number of nitrogens with zero attached hydrogens (tertiary/aromatic N) is 1. The molecule has 2 rings (SSSR count). The van der Waals surface area contributed by atoms with Gasteiger partial charge in [-0.3, -0.25) is 0 Å². The van der Waals surface area contributed by atoms with Crippen molar-refractivity contribution >= 4 is 11.9 Å². The van der Waals surface area contributed by atoms with E-state index in [9.17, 15) is 4.39 Å². The number of carboxylic acids is 2. The standard InChI is InChI=1S/C19H30FNO.C2H2O4/c1-2-3-4-13-21-14-5-7-17(16-21)8-6-15-22-19-11-9-18(20)10-12-19;3-1(4)2(5)6/h9-12,17H,2-8,13-16H2,1H3;(H,3,4)(H,5,6). The van der Waals surface area contributed by atoms with Crippen LogP contribution in [0.5, 0.6) is 5.75 Å². The Morgan fingerprint density at radius 2 is 1.82 bits per heavy atom. The highest BCUT2D eigenvalue weighted by molar-refractivity contribution is 6.27. The van der Waals surface area contributed by atoms with Gasteiger partial charge in [0.25, 0.3) is 0 Å². The largest absolute Gasteiger partial charge is 0.494 e. The molecule has 1 aromatic rings. The molecule has 2 N–H and O–H groups in total. The minimum absolute atomic E-state index is 0.210. The summed E-state index contributed by atoms with van der Waals surface area (Å²) in [5, 5.41) is 14.8. The smallest absolute Gasteiger partial charge is 0.414 e. The van der Waals surface area contributed by atoms with Crippen molar-refractivity contribution in [1.82, 2.24) is 4.90 Å². The normalized spacial score (nSPS) is 16.7. The van der Waals surface area contributed by atoms with Gasteiger partial charge in [0.05, 0.1) is 6.61 Å². The maximum Gasteiger partial charge on any atom is 0.414 e. The maximum atomic E-state index is 12.8. The highest BCUT2D eigenvalue weighted by Crippen LogP contribution is 2.21. The zero-order chi connectivity index (χ0) is 20.8. The van der Waals surface area contributed by atoms with Crippen LogP contribution in [0.3, 0.4) is 0 Å². The van der Waals surface area contributed by atoms with E-state index in [0.717, 1.165) is 24.7 Å². The van der Waals surface area contributed by atoms with Crippen LogP contribution in [-0.2, 0) is 9.59 Å². The summed E-state index contributed by atoms with van der Waals surface area (Å²) in [4.78, 5) is 20.8. The minimum atomic E-state index is -1.82. The highest BCUT2D eigenvalue weighted by Gasteiger charge is 2.18. The number of aliphatic carboxylic acids is 2. The maximum absolute atomic E-state index is 12.8. The van der Waals surface area contributed by atoms with Crippen LogP contribution in [-0.4, -0.2) is 53.3 Å². The fourth-order valence-corrected chi connectivity index (χ4v) is 3.27. The molecule has 1 aliphatic rings. The first-order valence-electron chi connectivity index (χ1n) is 9.99. The number of hydrogen-bond donors (Lipinski definition) is 2. The Morgan fingerprint density at radius 1 is 1.14 bits per heavy atom. The highest BCUT2D eigenvalue weighted by atomic mass is 19.1. The van der Waals surface area contributed by atoms with Gasteiger partial charge in [0.1, 0.15) is 11.6 Å². The number of piperidine rings is 1. The van der Waals surface area contributed by atoms with E-state index < -0.39 is 11.9 Å². The van der Waals surface area contributed by atoms with Crippen LogP contribution < -0.4 is 4.74 Å². The van der Waals surface area contributed by atoms with Crippen molar-refractivity contribution in [2.45, 2.75) is 51.9 Å². The van der Waals surface area contributed by atoms with E-state index in [1.807, 2.05) is 0 Å². The van der Waals surface area contributed by atoms with Crippen molar-refractivity contribution < 1.29 is 28.9 Å². The molecule has 1 saturated heterocycles. The van der Waals surface area contributed by atoms with Gasteiger partial charge in [-0.05, 0) is 75.4 Å². The summed E-state index contributed by atoms with van der Waals surface area (Å²) in [5.74, 6) is -2.26. The van der Waals surface area contributed by atoms with E-state index in [0.29, 0.717) is 0 Å². The number of carboxylic acid groups (broad SMARTS) is 2. The zero-order valence-corrected chi connectivity index (χ0v) is 16.6. The number of rotatable bonds is 9. The van der Waals surface area contributed by atoms with Crippen LogP contribution in [0, 0.1) is 11.7 Å². The second-order valence-electron chi connectivity index (χ2n) is 7.07. The molecule has 0 spiro atoms. The van der Waals surface area contributed by atoms with Crippen molar-refractivity contribution in [2.24, 2.45) is 5.92 Å². The van der Waals surface area contributed by atoms with Crippen LogP contribution in [0.25, 0.3) is 0 Å². The van der Waals surface area contributed by atoms with Crippen LogP contribution in [0.15, 0.2) is 24.3 Å². The molecule has 1 aliphatic heterocycles. The molecule has 0 amide bonds. The summed E-state index contributed by atoms with van der Waals surface area (Å²) in [6.45, 7) is 6.82. The Morgan fingerprint density at radius 3 is 2.43 bits per heavy atom. The van der Waals surface area contributed by atoms with Gasteiger partial charge < -0.3 is 19.8 Å². The summed E-state index contributed by atoms with van der Waals surface area (Å²) >= 11 is 0. The monoisotopic (exact) mass is 397 g/mol. The minimum Gasteiger partial charge on any atom is -0.494 e. The molecule has 7 heteroatoms. The molecule has 0 radical (unpaired) electrons. The molecule has 0 bridgehead atoms. The molecule has 1 unspecified atom stereocenters. The van der Waals surface area contributed by atoms with Gasteiger partial charge in [0.15, 0.2) is 0 Å². The van der Waals surface area contributed by atoms with Crippen molar-refractivity contribution in [3.05, 3.63) is 30.1 Å². The number of ether oxygens (including phenoxy) is 1. The molecule has 1 aromatic carbocycles. The van der Waals surface area contributed by atoms with Gasteiger partial charge in [0.2, 0.25) is 0 Å². The number of carbonyl (C=O) groups is 2. The summed E-state index contributed by atoms with van der Waals surface area (Å²) in [6.07, 6.45) is 9.04. The molecule has 28 heavy (non-hydrogen) atoms. The Kier molecular flexibility index (Phi) is 11.9. The van der Waals surface area contributed by atoms with Gasteiger partial charge in [-0.2, -0.15) is 0 Å². The lowest BCUT2D eigenvalue weighted by atomic mass is 9.93. The van der Waals surface area contributed by atoms with Gasteiger partial charge >= 0.3 is 11.9 Å². The number of halogens is 1. The molecule has 0 saturated carbocycles. The number of unbranched alkanes of at least 4 members (excludes halogenated alkanes) is 2. The second-order valence-corrected chi connectivity index (χ2v) is 7.07. The lowest BCUT2D eigenvalue weighted by Crippen LogP contribution is -2.36. The molecule has 0 aromatic heterocycles. The van der Waals surface area contributed by atoms with Crippen molar-refractivity contribution in [1.29, 1.82) is 0 Å². The molecule has 6 nitrogen and oxygen atoms in total. The molecular weight excluding hydrogens is 365 g/mol. The Balaban J connectivity index is 0.000000568. The third-order valence-electron chi connectivity index (χ3n) is 4.70. The first-order chi connectivity index (χ1) is 13.4. The van der Waals surface area contributed by atoms with Gasteiger partial charge in [-0.1, -0.05) is 19.8 Å². The molecule has 0 aliphatic carbocycles. The second kappa shape index (κ2) is 13.9. The Labute approximate surface area is 166 Å². The Hall–Kier alpha value is -2.15. The quantitative estimate of drug-likeness (QED) is 0.483. The van der Waals surface area contributed by atoms with E-state index in [1.165, 1.54) is 70.3 Å². The van der Waals surface area contributed by atoms with E-state index in [4.69, 9.17) is 24.5 Å². The zero-order valence-electron chi connectivity index (χ0n) is 16.6. The lowest BCUT2D eigenvalue weighted by Gasteiger charge is -2.32. The van der Waals surface area contributed by atoms with Crippen LogP contribution in [0.2, 0.25) is 0 Å². The SMILES string of the molecule is CCCCCN1CCCC(CCCOc2ccc(F)cc2)C1.O=C(O)C(=O)O. The van der Waals surface area contributed by atoms with Gasteiger partial charge in [0, 0.05) is 6.54 Å². The van der Waals surface area contributed by atoms with Crippen molar-refractivity contribution in [3.8, 4) is 5.75 Å². The van der Waals surface area contributed by atoms with E-state index in [-0.39, 0.29) is 5.82 Å². The van der Waals surface area contributed by atoms with Crippen LogP contribution in [0.4, 0.5) is 4.39 Å². The summed E-state index contributed by atoms with van der Waals surface area (Å²) in [6, 6.07) is 6.30. The van der Waals surface area contributed by atoms with E-state index in [2.05, 4.69) is 11.8 Å². The number of hydrogen-bond acceptors (Lipinski definition) is 4. The van der Waals surface area contributed by atoms with Gasteiger partial charge in [-0.15, -0.1) is 0 Å². The van der Waals surface area contributed by atoms with Crippen molar-refractivity contribution in [3.63, 3.8) is 0 Å². The first-order valence-corrected chi connectivity index (χ1v) is 9.99. The van der Waals surface area contributed by atoms with E-state index in [1.54, 1.807) is 12.1 Å². The van der Waals surface area contributed by atoms with Crippen LogP contribution >= 0.6 is 0 Å². The van der Waals surface area contributed by atoms with E-state index >= 15 is 0 Å². The molecule has 1 fully saturated rings. The molecule has 1 heterocycles. The molecular formula is C21H32FNO5. The number of benzene rings is 1. The average molecular weight is 397 g/mol. The fraction of sp³-hybridized carbons (Fsp3) is 0.619. The summed E-state index contributed by atoms with van der Waals surface area (Å²) in [7, 11) is 0.